The van der Waals surface area contributed by atoms with Crippen molar-refractivity contribution in [2.45, 2.75) is 33.2 Å². The molecule has 0 aliphatic heterocycles. The van der Waals surface area contributed by atoms with E-state index in [1.807, 2.05) is 13.8 Å². The Balaban J connectivity index is 4.25. The van der Waals surface area contributed by atoms with E-state index >= 15 is 0 Å². The standard InChI is InChI=1S/C13H21F2N/c1-9(2)5-6-12(15)7-10(3)8-13(16)11(4)14/h5-7,9-10,13H,4,8,16H2,1-3H3/b6-5-,12-7+. The molecule has 0 saturated carbocycles. The normalized spacial score (nSPS) is 16.8. The Morgan fingerprint density at radius 3 is 2.31 bits per heavy atom. The summed E-state index contributed by atoms with van der Waals surface area (Å²) >= 11 is 0. The van der Waals surface area contributed by atoms with Gasteiger partial charge in [0.15, 0.2) is 0 Å². The van der Waals surface area contributed by atoms with Crippen molar-refractivity contribution in [3.63, 3.8) is 0 Å². The third-order valence-corrected chi connectivity index (χ3v) is 2.11. The molecule has 0 saturated heterocycles. The van der Waals surface area contributed by atoms with Crippen LogP contribution in [0.4, 0.5) is 8.78 Å². The fourth-order valence-electron chi connectivity index (χ4n) is 1.21. The monoisotopic (exact) mass is 229 g/mol. The minimum absolute atomic E-state index is 0.112. The van der Waals surface area contributed by atoms with Crippen molar-refractivity contribution in [2.24, 2.45) is 17.6 Å². The second-order valence-corrected chi connectivity index (χ2v) is 4.42. The second kappa shape index (κ2) is 7.34. The van der Waals surface area contributed by atoms with Crippen molar-refractivity contribution in [1.82, 2.24) is 0 Å². The first-order valence-electron chi connectivity index (χ1n) is 5.48. The molecular weight excluding hydrogens is 208 g/mol. The lowest BCUT2D eigenvalue weighted by Gasteiger charge is -2.11. The highest BCUT2D eigenvalue weighted by molar-refractivity contribution is 5.13. The lowest BCUT2D eigenvalue weighted by atomic mass is 10.0. The van der Waals surface area contributed by atoms with Crippen molar-refractivity contribution < 1.29 is 8.78 Å². The Morgan fingerprint density at radius 1 is 1.31 bits per heavy atom. The predicted octanol–water partition coefficient (Wildman–Crippen LogP) is 3.89. The fourth-order valence-corrected chi connectivity index (χ4v) is 1.21. The molecular formula is C13H21F2N. The molecule has 0 heterocycles. The van der Waals surface area contributed by atoms with Crippen molar-refractivity contribution in [2.75, 3.05) is 0 Å². The Bertz CT molecular complexity index is 280. The van der Waals surface area contributed by atoms with Gasteiger partial charge in [0.2, 0.25) is 0 Å². The Hall–Kier alpha value is -0.960. The van der Waals surface area contributed by atoms with Crippen LogP contribution in [0.3, 0.4) is 0 Å². The molecule has 0 rings (SSSR count). The number of nitrogens with two attached hydrogens (primary N) is 1. The quantitative estimate of drug-likeness (QED) is 0.687. The average molecular weight is 229 g/mol. The molecule has 0 aromatic carbocycles. The van der Waals surface area contributed by atoms with E-state index in [-0.39, 0.29) is 11.7 Å². The van der Waals surface area contributed by atoms with Crippen LogP contribution < -0.4 is 5.73 Å². The van der Waals surface area contributed by atoms with Crippen molar-refractivity contribution in [3.8, 4) is 0 Å². The summed E-state index contributed by atoms with van der Waals surface area (Å²) in [6.07, 6.45) is 5.00. The van der Waals surface area contributed by atoms with E-state index in [0.717, 1.165) is 0 Å². The molecule has 0 spiro atoms. The molecule has 2 N–H and O–H groups in total. The van der Waals surface area contributed by atoms with Gasteiger partial charge in [-0.3, -0.25) is 0 Å². The summed E-state index contributed by atoms with van der Waals surface area (Å²) in [5.74, 6) is -0.669. The van der Waals surface area contributed by atoms with Crippen LogP contribution in [0.15, 0.2) is 36.5 Å². The highest BCUT2D eigenvalue weighted by Gasteiger charge is 2.10. The maximum absolute atomic E-state index is 13.3. The van der Waals surface area contributed by atoms with E-state index in [1.54, 1.807) is 13.0 Å². The zero-order chi connectivity index (χ0) is 12.7. The fraction of sp³-hybridized carbons (Fsp3) is 0.538. The van der Waals surface area contributed by atoms with E-state index in [9.17, 15) is 8.78 Å². The minimum Gasteiger partial charge on any atom is -0.322 e. The summed E-state index contributed by atoms with van der Waals surface area (Å²) in [5, 5.41) is 0. The van der Waals surface area contributed by atoms with Gasteiger partial charge in [-0.2, -0.15) is 0 Å². The molecule has 2 unspecified atom stereocenters. The zero-order valence-electron chi connectivity index (χ0n) is 10.2. The molecule has 0 fully saturated rings. The number of hydrogen-bond acceptors (Lipinski definition) is 1. The van der Waals surface area contributed by atoms with Gasteiger partial charge in [0.25, 0.3) is 0 Å². The van der Waals surface area contributed by atoms with Crippen LogP contribution in [-0.4, -0.2) is 6.04 Å². The summed E-state index contributed by atoms with van der Waals surface area (Å²) in [4.78, 5) is 0. The summed E-state index contributed by atoms with van der Waals surface area (Å²) in [6.45, 7) is 8.86. The van der Waals surface area contributed by atoms with Crippen LogP contribution in [-0.2, 0) is 0 Å². The molecule has 1 nitrogen and oxygen atoms in total. The van der Waals surface area contributed by atoms with E-state index in [0.29, 0.717) is 12.3 Å². The van der Waals surface area contributed by atoms with Gasteiger partial charge in [-0.05, 0) is 30.4 Å². The molecule has 92 valence electrons. The largest absolute Gasteiger partial charge is 0.322 e. The summed E-state index contributed by atoms with van der Waals surface area (Å²) in [7, 11) is 0. The molecule has 0 aliphatic carbocycles. The zero-order valence-corrected chi connectivity index (χ0v) is 10.2. The van der Waals surface area contributed by atoms with Crippen LogP contribution >= 0.6 is 0 Å². The van der Waals surface area contributed by atoms with Crippen LogP contribution in [0, 0.1) is 11.8 Å². The number of hydrogen-bond donors (Lipinski definition) is 1. The van der Waals surface area contributed by atoms with Gasteiger partial charge in [0, 0.05) is 0 Å². The van der Waals surface area contributed by atoms with E-state index in [1.165, 1.54) is 12.2 Å². The maximum Gasteiger partial charge on any atom is 0.119 e. The number of halogens is 2. The molecule has 3 heteroatoms. The van der Waals surface area contributed by atoms with Crippen LogP contribution in [0.5, 0.6) is 0 Å². The van der Waals surface area contributed by atoms with Gasteiger partial charge in [-0.25, -0.2) is 8.78 Å². The van der Waals surface area contributed by atoms with E-state index < -0.39 is 11.9 Å². The first kappa shape index (κ1) is 15.0. The highest BCUT2D eigenvalue weighted by atomic mass is 19.1. The summed E-state index contributed by atoms with van der Waals surface area (Å²) in [5.41, 5.74) is 5.47. The molecule has 0 aromatic rings. The molecule has 0 aliphatic rings. The molecule has 0 bridgehead atoms. The van der Waals surface area contributed by atoms with Gasteiger partial charge < -0.3 is 5.73 Å². The third kappa shape index (κ3) is 7.35. The van der Waals surface area contributed by atoms with Crippen molar-refractivity contribution >= 4 is 0 Å². The van der Waals surface area contributed by atoms with Gasteiger partial charge >= 0.3 is 0 Å². The molecule has 0 radical (unpaired) electrons. The first-order valence-corrected chi connectivity index (χ1v) is 5.48. The predicted molar refractivity (Wildman–Crippen MR) is 65.2 cm³/mol. The van der Waals surface area contributed by atoms with Gasteiger partial charge in [0.05, 0.1) is 6.04 Å². The van der Waals surface area contributed by atoms with Crippen molar-refractivity contribution in [3.05, 3.63) is 36.5 Å². The van der Waals surface area contributed by atoms with E-state index in [4.69, 9.17) is 5.73 Å². The summed E-state index contributed by atoms with van der Waals surface area (Å²) < 4.78 is 25.9. The smallest absolute Gasteiger partial charge is 0.119 e. The minimum atomic E-state index is -0.715. The van der Waals surface area contributed by atoms with Crippen LogP contribution in [0.2, 0.25) is 0 Å². The highest BCUT2D eigenvalue weighted by Crippen LogP contribution is 2.15. The van der Waals surface area contributed by atoms with Gasteiger partial charge in [-0.1, -0.05) is 33.4 Å². The Labute approximate surface area is 96.7 Å². The molecule has 2 atom stereocenters. The van der Waals surface area contributed by atoms with Crippen molar-refractivity contribution in [1.29, 1.82) is 0 Å². The number of rotatable bonds is 6. The maximum atomic E-state index is 13.3. The first-order chi connectivity index (χ1) is 7.32. The van der Waals surface area contributed by atoms with Crippen LogP contribution in [0.1, 0.15) is 27.2 Å². The second-order valence-electron chi connectivity index (χ2n) is 4.42. The number of allylic oxidation sites excluding steroid dienone is 4. The third-order valence-electron chi connectivity index (χ3n) is 2.11. The SMILES string of the molecule is C=C(F)C(N)CC(C)/C=C(F)\C=C/C(C)C. The molecule has 16 heavy (non-hydrogen) atoms. The average Bonchev–Trinajstić information content (AvgIpc) is 2.14. The lowest BCUT2D eigenvalue weighted by molar-refractivity contribution is 0.478. The lowest BCUT2D eigenvalue weighted by Crippen LogP contribution is -2.22. The van der Waals surface area contributed by atoms with Gasteiger partial charge in [-0.15, -0.1) is 0 Å². The van der Waals surface area contributed by atoms with Gasteiger partial charge in [0.1, 0.15) is 11.7 Å². The Morgan fingerprint density at radius 2 is 1.88 bits per heavy atom. The topological polar surface area (TPSA) is 26.0 Å². The molecule has 0 amide bonds. The Kier molecular flexibility index (Phi) is 6.90. The van der Waals surface area contributed by atoms with Crippen LogP contribution in [0.25, 0.3) is 0 Å². The molecule has 0 aromatic heterocycles. The summed E-state index contributed by atoms with van der Waals surface area (Å²) in [6, 6.07) is -0.715. The van der Waals surface area contributed by atoms with E-state index in [2.05, 4.69) is 6.58 Å².